The second kappa shape index (κ2) is 5.02. The van der Waals surface area contributed by atoms with Crippen molar-refractivity contribution in [1.82, 2.24) is 5.32 Å². The number of hydrogen-bond donors (Lipinski definition) is 1. The molecular weight excluding hydrogens is 222 g/mol. The zero-order chi connectivity index (χ0) is 12.5. The van der Waals surface area contributed by atoms with E-state index >= 15 is 0 Å². The van der Waals surface area contributed by atoms with Crippen LogP contribution in [-0.4, -0.2) is 19.2 Å². The van der Waals surface area contributed by atoms with Crippen molar-refractivity contribution in [2.75, 3.05) is 13.2 Å². The van der Waals surface area contributed by atoms with Gasteiger partial charge in [0.05, 0.1) is 6.10 Å². The fourth-order valence-electron chi connectivity index (χ4n) is 2.99. The zero-order valence-corrected chi connectivity index (χ0v) is 11.4. The normalized spacial score (nSPS) is 27.7. The van der Waals surface area contributed by atoms with Gasteiger partial charge >= 0.3 is 0 Å². The molecule has 3 rings (SSSR count). The lowest BCUT2D eigenvalue weighted by molar-refractivity contribution is 0.0903. The van der Waals surface area contributed by atoms with Crippen LogP contribution in [0, 0.1) is 19.8 Å². The molecule has 2 atom stereocenters. The average Bonchev–Trinajstić information content (AvgIpc) is 3.02. The molecule has 1 aliphatic carbocycles. The molecular formula is C16H23NO. The van der Waals surface area contributed by atoms with Gasteiger partial charge in [-0.15, -0.1) is 0 Å². The number of rotatable bonds is 4. The Morgan fingerprint density at radius 2 is 1.83 bits per heavy atom. The Morgan fingerprint density at radius 1 is 1.11 bits per heavy atom. The van der Waals surface area contributed by atoms with Crippen molar-refractivity contribution in [1.29, 1.82) is 0 Å². The van der Waals surface area contributed by atoms with E-state index in [0.717, 1.165) is 19.2 Å². The molecule has 1 aliphatic heterocycles. The van der Waals surface area contributed by atoms with Gasteiger partial charge in [0.15, 0.2) is 0 Å². The lowest BCUT2D eigenvalue weighted by Crippen LogP contribution is -2.26. The first-order valence-electron chi connectivity index (χ1n) is 7.15. The highest BCUT2D eigenvalue weighted by Crippen LogP contribution is 2.35. The minimum Gasteiger partial charge on any atom is -0.373 e. The molecule has 2 aliphatic rings. The molecule has 0 amide bonds. The van der Waals surface area contributed by atoms with Gasteiger partial charge in [-0.1, -0.05) is 29.3 Å². The first kappa shape index (κ1) is 12.2. The van der Waals surface area contributed by atoms with E-state index in [0.29, 0.717) is 12.0 Å². The van der Waals surface area contributed by atoms with E-state index in [9.17, 15) is 0 Å². The predicted octanol–water partition coefficient (Wildman–Crippen LogP) is 3.13. The van der Waals surface area contributed by atoms with E-state index in [1.807, 2.05) is 0 Å². The fourth-order valence-corrected chi connectivity index (χ4v) is 2.99. The Balaban J connectivity index is 1.71. The molecule has 2 heteroatoms. The first-order chi connectivity index (χ1) is 8.72. The van der Waals surface area contributed by atoms with Gasteiger partial charge in [0, 0.05) is 25.1 Å². The van der Waals surface area contributed by atoms with Gasteiger partial charge in [0.2, 0.25) is 0 Å². The summed E-state index contributed by atoms with van der Waals surface area (Å²) in [6.07, 6.45) is 4.22. The summed E-state index contributed by atoms with van der Waals surface area (Å²) in [5.74, 6) is 0.645. The zero-order valence-electron chi connectivity index (χ0n) is 11.4. The molecule has 18 heavy (non-hydrogen) atoms. The fraction of sp³-hybridized carbons (Fsp3) is 0.625. The summed E-state index contributed by atoms with van der Waals surface area (Å²) in [5, 5.41) is 3.65. The van der Waals surface area contributed by atoms with Crippen LogP contribution < -0.4 is 5.32 Å². The summed E-state index contributed by atoms with van der Waals surface area (Å²) in [7, 11) is 0. The van der Waals surface area contributed by atoms with E-state index in [-0.39, 0.29) is 0 Å². The minimum atomic E-state index is 0.301. The van der Waals surface area contributed by atoms with E-state index in [4.69, 9.17) is 4.74 Å². The van der Waals surface area contributed by atoms with Crippen LogP contribution in [0.1, 0.15) is 42.1 Å². The van der Waals surface area contributed by atoms with Gasteiger partial charge < -0.3 is 10.1 Å². The average molecular weight is 245 g/mol. The van der Waals surface area contributed by atoms with Crippen molar-refractivity contribution in [3.63, 3.8) is 0 Å². The minimum absolute atomic E-state index is 0.301. The molecule has 0 bridgehead atoms. The van der Waals surface area contributed by atoms with E-state index < -0.39 is 0 Å². The molecule has 98 valence electrons. The summed E-state index contributed by atoms with van der Waals surface area (Å²) in [6.45, 7) is 6.36. The third kappa shape index (κ3) is 2.76. The van der Waals surface area contributed by atoms with Gasteiger partial charge in [-0.25, -0.2) is 0 Å². The van der Waals surface area contributed by atoms with Crippen LogP contribution in [0.3, 0.4) is 0 Å². The molecule has 1 N–H and O–H groups in total. The van der Waals surface area contributed by atoms with E-state index in [2.05, 4.69) is 37.4 Å². The molecule has 0 spiro atoms. The van der Waals surface area contributed by atoms with Gasteiger partial charge in [-0.2, -0.15) is 0 Å². The van der Waals surface area contributed by atoms with Crippen molar-refractivity contribution < 1.29 is 4.74 Å². The van der Waals surface area contributed by atoms with Crippen LogP contribution in [0.25, 0.3) is 0 Å². The molecule has 1 saturated heterocycles. The van der Waals surface area contributed by atoms with Crippen molar-refractivity contribution in [2.45, 2.75) is 45.3 Å². The highest BCUT2D eigenvalue weighted by molar-refractivity contribution is 5.30. The van der Waals surface area contributed by atoms with Crippen LogP contribution >= 0.6 is 0 Å². The molecule has 1 saturated carbocycles. The Bertz CT molecular complexity index is 405. The topological polar surface area (TPSA) is 21.3 Å². The highest BCUT2D eigenvalue weighted by Gasteiger charge is 2.31. The van der Waals surface area contributed by atoms with Crippen LogP contribution in [0.2, 0.25) is 0 Å². The van der Waals surface area contributed by atoms with Gasteiger partial charge in [0.25, 0.3) is 0 Å². The second-order valence-electron chi connectivity index (χ2n) is 5.94. The Morgan fingerprint density at radius 3 is 2.50 bits per heavy atom. The highest BCUT2D eigenvalue weighted by atomic mass is 16.5. The lowest BCUT2D eigenvalue weighted by Gasteiger charge is -2.20. The lowest BCUT2D eigenvalue weighted by atomic mass is 9.93. The van der Waals surface area contributed by atoms with Crippen molar-refractivity contribution >= 4 is 0 Å². The first-order valence-corrected chi connectivity index (χ1v) is 7.15. The largest absolute Gasteiger partial charge is 0.373 e. The quantitative estimate of drug-likeness (QED) is 0.880. The van der Waals surface area contributed by atoms with Gasteiger partial charge in [0.1, 0.15) is 0 Å². The second-order valence-corrected chi connectivity index (χ2v) is 5.94. The Kier molecular flexibility index (Phi) is 3.40. The summed E-state index contributed by atoms with van der Waals surface area (Å²) in [6, 6.07) is 7.60. The number of ether oxygens (including phenoxy) is 1. The van der Waals surface area contributed by atoms with Crippen LogP contribution in [0.5, 0.6) is 0 Å². The van der Waals surface area contributed by atoms with E-state index in [1.165, 1.54) is 36.0 Å². The predicted molar refractivity (Wildman–Crippen MR) is 73.7 cm³/mol. The number of benzene rings is 1. The smallest absolute Gasteiger partial charge is 0.0866 e. The Hall–Kier alpha value is -0.860. The maximum atomic E-state index is 5.97. The number of nitrogens with one attached hydrogen (secondary N) is 1. The molecule has 1 heterocycles. The molecule has 1 aromatic carbocycles. The maximum absolute atomic E-state index is 5.97. The van der Waals surface area contributed by atoms with Gasteiger partial charge in [-0.05, 0) is 38.7 Å². The van der Waals surface area contributed by atoms with Crippen molar-refractivity contribution in [3.8, 4) is 0 Å². The third-order valence-electron chi connectivity index (χ3n) is 4.03. The monoisotopic (exact) mass is 245 g/mol. The summed E-state index contributed by atoms with van der Waals surface area (Å²) in [5.41, 5.74) is 4.05. The number of aryl methyl sites for hydroxylation is 2. The third-order valence-corrected chi connectivity index (χ3v) is 4.03. The summed E-state index contributed by atoms with van der Waals surface area (Å²) in [4.78, 5) is 0. The number of hydrogen-bond acceptors (Lipinski definition) is 2. The van der Waals surface area contributed by atoms with Crippen LogP contribution in [0.4, 0.5) is 0 Å². The SMILES string of the molecule is Cc1cc(C)cc(C2OCCC2CNC2CC2)c1. The molecule has 2 unspecified atom stereocenters. The maximum Gasteiger partial charge on any atom is 0.0866 e. The molecule has 0 aromatic heterocycles. The van der Waals surface area contributed by atoms with Crippen molar-refractivity contribution in [3.05, 3.63) is 34.9 Å². The standard InChI is InChI=1S/C16H23NO/c1-11-7-12(2)9-14(8-11)16-13(5-6-18-16)10-17-15-3-4-15/h7-9,13,15-17H,3-6,10H2,1-2H3. The van der Waals surface area contributed by atoms with Crippen molar-refractivity contribution in [2.24, 2.45) is 5.92 Å². The molecule has 1 aromatic rings. The van der Waals surface area contributed by atoms with E-state index in [1.54, 1.807) is 0 Å². The molecule has 2 fully saturated rings. The van der Waals surface area contributed by atoms with Crippen LogP contribution in [0.15, 0.2) is 18.2 Å². The molecule has 0 radical (unpaired) electrons. The van der Waals surface area contributed by atoms with Crippen LogP contribution in [-0.2, 0) is 4.74 Å². The Labute approximate surface area is 110 Å². The van der Waals surface area contributed by atoms with Gasteiger partial charge in [-0.3, -0.25) is 0 Å². The molecule has 2 nitrogen and oxygen atoms in total. The summed E-state index contributed by atoms with van der Waals surface area (Å²) < 4.78 is 5.97. The summed E-state index contributed by atoms with van der Waals surface area (Å²) >= 11 is 0.